The topological polar surface area (TPSA) is 62.6 Å². The summed E-state index contributed by atoms with van der Waals surface area (Å²) in [4.78, 5) is 25.9. The predicted molar refractivity (Wildman–Crippen MR) is 107 cm³/mol. The first-order valence-electron chi connectivity index (χ1n) is 7.87. The van der Waals surface area contributed by atoms with Gasteiger partial charge in [0.25, 0.3) is 0 Å². The molecule has 1 amide bonds. The molecule has 1 N–H and O–H groups in total. The van der Waals surface area contributed by atoms with Gasteiger partial charge in [-0.3, -0.25) is 9.69 Å². The molecule has 1 aromatic heterocycles. The number of nitrogens with zero attached hydrogens (tertiary/aromatic N) is 1. The summed E-state index contributed by atoms with van der Waals surface area (Å²) in [5, 5.41) is 4.11. The van der Waals surface area contributed by atoms with Crippen LogP contribution < -0.4 is 10.9 Å². The van der Waals surface area contributed by atoms with Crippen LogP contribution in [-0.2, 0) is 11.3 Å². The van der Waals surface area contributed by atoms with Crippen LogP contribution in [0, 0.1) is 0 Å². The fourth-order valence-electron chi connectivity index (χ4n) is 2.68. The van der Waals surface area contributed by atoms with Crippen molar-refractivity contribution in [3.63, 3.8) is 0 Å². The largest absolute Gasteiger partial charge is 0.423 e. The molecule has 26 heavy (non-hydrogen) atoms. The number of hydrogen-bond donors (Lipinski definition) is 1. The van der Waals surface area contributed by atoms with Crippen molar-refractivity contribution < 1.29 is 9.21 Å². The van der Waals surface area contributed by atoms with E-state index in [2.05, 4.69) is 21.2 Å². The Bertz CT molecular complexity index is 1020. The number of fused-ring (bicyclic) bond motifs is 1. The Morgan fingerprint density at radius 1 is 1.23 bits per heavy atom. The van der Waals surface area contributed by atoms with Crippen LogP contribution >= 0.6 is 27.5 Å². The van der Waals surface area contributed by atoms with Gasteiger partial charge in [-0.2, -0.15) is 0 Å². The number of halogens is 2. The lowest BCUT2D eigenvalue weighted by molar-refractivity contribution is -0.117. The molecule has 3 aromatic rings. The maximum absolute atomic E-state index is 12.2. The molecule has 5 nitrogen and oxygen atoms in total. The highest BCUT2D eigenvalue weighted by molar-refractivity contribution is 9.10. The van der Waals surface area contributed by atoms with Crippen LogP contribution in [0.15, 0.2) is 62.2 Å². The van der Waals surface area contributed by atoms with Gasteiger partial charge in [-0.25, -0.2) is 4.79 Å². The van der Waals surface area contributed by atoms with Gasteiger partial charge in [0.15, 0.2) is 0 Å². The number of anilines is 1. The first-order chi connectivity index (χ1) is 12.4. The maximum atomic E-state index is 12.2. The van der Waals surface area contributed by atoms with Gasteiger partial charge in [-0.05, 0) is 42.9 Å². The Balaban J connectivity index is 1.73. The number of carbonyl (C=O) groups excluding carboxylic acids is 1. The Morgan fingerprint density at radius 2 is 2.00 bits per heavy atom. The molecular weight excluding hydrogens is 420 g/mol. The van der Waals surface area contributed by atoms with E-state index in [0.717, 1.165) is 15.4 Å². The summed E-state index contributed by atoms with van der Waals surface area (Å²) in [5.74, 6) is -0.185. The summed E-state index contributed by atoms with van der Waals surface area (Å²) < 4.78 is 6.07. The van der Waals surface area contributed by atoms with Crippen molar-refractivity contribution in [3.8, 4) is 0 Å². The summed E-state index contributed by atoms with van der Waals surface area (Å²) in [5.41, 5.74) is 1.47. The van der Waals surface area contributed by atoms with Crippen molar-refractivity contribution in [2.45, 2.75) is 6.54 Å². The summed E-state index contributed by atoms with van der Waals surface area (Å²) in [7, 11) is 1.81. The van der Waals surface area contributed by atoms with Crippen LogP contribution in [0.3, 0.4) is 0 Å². The van der Waals surface area contributed by atoms with Crippen molar-refractivity contribution in [3.05, 3.63) is 74.0 Å². The number of hydrogen-bond acceptors (Lipinski definition) is 4. The summed E-state index contributed by atoms with van der Waals surface area (Å²) in [6.07, 6.45) is 0. The van der Waals surface area contributed by atoms with Crippen molar-refractivity contribution in [1.29, 1.82) is 0 Å². The lowest BCUT2D eigenvalue weighted by Gasteiger charge is -2.17. The number of benzene rings is 2. The van der Waals surface area contributed by atoms with E-state index in [1.165, 1.54) is 6.07 Å². The Morgan fingerprint density at radius 3 is 2.77 bits per heavy atom. The second kappa shape index (κ2) is 8.03. The van der Waals surface area contributed by atoms with Crippen molar-refractivity contribution in [2.24, 2.45) is 0 Å². The molecule has 0 fully saturated rings. The second-order valence-electron chi connectivity index (χ2n) is 5.93. The number of amides is 1. The normalized spacial score (nSPS) is 11.1. The van der Waals surface area contributed by atoms with Crippen LogP contribution in [0.5, 0.6) is 0 Å². The molecule has 0 radical (unpaired) electrons. The third-order valence-corrected chi connectivity index (χ3v) is 4.62. The lowest BCUT2D eigenvalue weighted by atomic mass is 10.1. The average molecular weight is 436 g/mol. The highest BCUT2D eigenvalue weighted by Crippen LogP contribution is 2.23. The fraction of sp³-hybridized carbons (Fsp3) is 0.158. The summed E-state index contributed by atoms with van der Waals surface area (Å²) >= 11 is 9.42. The zero-order valence-corrected chi connectivity index (χ0v) is 16.3. The Hall–Kier alpha value is -2.15. The van der Waals surface area contributed by atoms with Gasteiger partial charge in [-0.15, -0.1) is 0 Å². The maximum Gasteiger partial charge on any atom is 0.336 e. The molecule has 0 aliphatic carbocycles. The molecule has 2 aromatic carbocycles. The molecule has 134 valence electrons. The van der Waals surface area contributed by atoms with Crippen molar-refractivity contribution >= 4 is 50.1 Å². The quantitative estimate of drug-likeness (QED) is 0.608. The minimum absolute atomic E-state index is 0.156. The fourth-order valence-corrected chi connectivity index (χ4v) is 3.20. The zero-order chi connectivity index (χ0) is 18.7. The minimum atomic E-state index is -0.417. The summed E-state index contributed by atoms with van der Waals surface area (Å²) in [6.45, 7) is 0.586. The van der Waals surface area contributed by atoms with Crippen LogP contribution in [0.4, 0.5) is 5.69 Å². The van der Waals surface area contributed by atoms with E-state index in [-0.39, 0.29) is 12.5 Å². The molecule has 1 heterocycles. The molecule has 0 atom stereocenters. The standard InChI is InChI=1S/C19H16BrClN2O3/c1-23(11-18(24)22-16-5-3-2-4-15(16)21)10-12-8-19(25)26-17-9-13(20)6-7-14(12)17/h2-9H,10-11H2,1H3,(H,22,24). The van der Waals surface area contributed by atoms with Gasteiger partial charge in [0.1, 0.15) is 5.58 Å². The average Bonchev–Trinajstić information content (AvgIpc) is 2.56. The molecule has 0 spiro atoms. The highest BCUT2D eigenvalue weighted by Gasteiger charge is 2.12. The molecule has 3 rings (SSSR count). The number of nitrogens with one attached hydrogen (secondary N) is 1. The van der Waals surface area contributed by atoms with Crippen molar-refractivity contribution in [2.75, 3.05) is 18.9 Å². The molecule has 0 aliphatic rings. The number of likely N-dealkylation sites (N-methyl/N-ethyl adjacent to an activating group) is 1. The lowest BCUT2D eigenvalue weighted by Crippen LogP contribution is -2.30. The van der Waals surface area contributed by atoms with Gasteiger partial charge in [-0.1, -0.05) is 39.7 Å². The van der Waals surface area contributed by atoms with E-state index in [4.69, 9.17) is 16.0 Å². The van der Waals surface area contributed by atoms with E-state index in [1.807, 2.05) is 24.1 Å². The van der Waals surface area contributed by atoms with Gasteiger partial charge in [0.05, 0.1) is 17.3 Å². The van der Waals surface area contributed by atoms with E-state index >= 15 is 0 Å². The van der Waals surface area contributed by atoms with Crippen LogP contribution in [-0.4, -0.2) is 24.4 Å². The molecule has 0 aliphatic heterocycles. The molecule has 0 saturated heterocycles. The first-order valence-corrected chi connectivity index (χ1v) is 9.04. The van der Waals surface area contributed by atoms with Crippen LogP contribution in [0.25, 0.3) is 11.0 Å². The van der Waals surface area contributed by atoms with Crippen LogP contribution in [0.2, 0.25) is 5.02 Å². The molecule has 0 bridgehead atoms. The summed E-state index contributed by atoms with van der Waals surface area (Å²) in [6, 6.07) is 14.0. The van der Waals surface area contributed by atoms with E-state index in [0.29, 0.717) is 22.8 Å². The first kappa shape index (κ1) is 18.6. The zero-order valence-electron chi connectivity index (χ0n) is 14.0. The van der Waals surface area contributed by atoms with E-state index < -0.39 is 5.63 Å². The Labute approximate surface area is 163 Å². The number of rotatable bonds is 5. The van der Waals surface area contributed by atoms with Crippen LogP contribution in [0.1, 0.15) is 5.56 Å². The Kier molecular flexibility index (Phi) is 5.76. The smallest absolute Gasteiger partial charge is 0.336 e. The molecular formula is C19H16BrClN2O3. The predicted octanol–water partition coefficient (Wildman–Crippen LogP) is 4.28. The monoisotopic (exact) mass is 434 g/mol. The highest BCUT2D eigenvalue weighted by atomic mass is 79.9. The van der Waals surface area contributed by atoms with Crippen molar-refractivity contribution in [1.82, 2.24) is 4.90 Å². The van der Waals surface area contributed by atoms with Gasteiger partial charge < -0.3 is 9.73 Å². The number of carbonyl (C=O) groups is 1. The van der Waals surface area contributed by atoms with E-state index in [9.17, 15) is 9.59 Å². The molecule has 0 unspecified atom stereocenters. The SMILES string of the molecule is CN(CC(=O)Nc1ccccc1Cl)Cc1cc(=O)oc2cc(Br)ccc12. The second-order valence-corrected chi connectivity index (χ2v) is 7.25. The van der Waals surface area contributed by atoms with Gasteiger partial charge >= 0.3 is 5.63 Å². The third kappa shape index (κ3) is 4.52. The third-order valence-electron chi connectivity index (χ3n) is 3.79. The minimum Gasteiger partial charge on any atom is -0.423 e. The van der Waals surface area contributed by atoms with E-state index in [1.54, 1.807) is 30.3 Å². The molecule has 7 heteroatoms. The molecule has 0 saturated carbocycles. The number of para-hydroxylation sites is 1. The van der Waals surface area contributed by atoms with Gasteiger partial charge in [0.2, 0.25) is 5.91 Å². The van der Waals surface area contributed by atoms with Gasteiger partial charge in [0, 0.05) is 22.5 Å².